The smallest absolute Gasteiger partial charge is 0.387 e. The number of rotatable bonds is 0. The maximum atomic E-state index is 8.37. The lowest BCUT2D eigenvalue weighted by molar-refractivity contribution is 1.45. The number of hydrogen-bond donors (Lipinski definition) is 1. The first kappa shape index (κ1) is 16.6. The van der Waals surface area contributed by atoms with Gasteiger partial charge in [0, 0.05) is 35.7 Å². The van der Waals surface area contributed by atoms with Gasteiger partial charge in [0.15, 0.2) is 4.98 Å². The zero-order valence-corrected chi connectivity index (χ0v) is 15.8. The van der Waals surface area contributed by atoms with Gasteiger partial charge in [0.1, 0.15) is 0 Å². The van der Waals surface area contributed by atoms with Gasteiger partial charge in [-0.2, -0.15) is 0 Å². The summed E-state index contributed by atoms with van der Waals surface area (Å²) < 4.78 is 3.76. The third-order valence-corrected chi connectivity index (χ3v) is 3.68. The molecule has 0 fully saturated rings. The van der Waals surface area contributed by atoms with E-state index in [0.29, 0.717) is 5.69 Å². The Morgan fingerprint density at radius 3 is 1.42 bits per heavy atom. The maximum Gasteiger partial charge on any atom is 0.387 e. The molecule has 7 heteroatoms. The summed E-state index contributed by atoms with van der Waals surface area (Å²) in [7, 11) is 0. The normalized spacial score (nSPS) is 9.21. The van der Waals surface area contributed by atoms with Crippen LogP contribution in [0.2, 0.25) is 0 Å². The van der Waals surface area contributed by atoms with E-state index in [1.807, 2.05) is 24.3 Å². The molecular formula is C12H8Br4N3+. The number of nitrogen functional groups attached to an aromatic ring is 1. The molecule has 0 bridgehead atoms. The van der Waals surface area contributed by atoms with Crippen LogP contribution in [0.3, 0.4) is 0 Å². The second-order valence-electron chi connectivity index (χ2n) is 3.43. The fraction of sp³-hybridized carbons (Fsp3) is 0. The minimum atomic E-state index is 0.529. The summed E-state index contributed by atoms with van der Waals surface area (Å²) in [6, 6.07) is 10.9. The third kappa shape index (κ3) is 6.52. The molecule has 0 spiro atoms. The van der Waals surface area contributed by atoms with Crippen molar-refractivity contribution in [2.75, 3.05) is 5.73 Å². The molecule has 0 aliphatic rings. The van der Waals surface area contributed by atoms with Gasteiger partial charge in [-0.15, -0.1) is 0 Å². The largest absolute Gasteiger partial charge is 0.399 e. The lowest BCUT2D eigenvalue weighted by Gasteiger charge is -1.94. The van der Waals surface area contributed by atoms with E-state index in [4.69, 9.17) is 11.1 Å². The van der Waals surface area contributed by atoms with E-state index in [2.05, 4.69) is 68.7 Å². The van der Waals surface area contributed by atoms with E-state index in [-0.39, 0.29) is 0 Å². The summed E-state index contributed by atoms with van der Waals surface area (Å²) in [4.78, 5) is 3.03. The van der Waals surface area contributed by atoms with Crippen LogP contribution >= 0.6 is 63.7 Å². The van der Waals surface area contributed by atoms with Crippen LogP contribution in [0.25, 0.3) is 4.98 Å². The predicted octanol–water partition coefficient (Wildman–Crippen LogP) is 6.49. The second kappa shape index (κ2) is 8.00. The average molecular weight is 514 g/mol. The molecule has 0 heterocycles. The third-order valence-electron chi connectivity index (χ3n) is 1.85. The Morgan fingerprint density at radius 1 is 0.737 bits per heavy atom. The van der Waals surface area contributed by atoms with Crippen molar-refractivity contribution >= 4 is 75.1 Å². The Hall–Kier alpha value is -0.420. The van der Waals surface area contributed by atoms with Crippen molar-refractivity contribution in [1.29, 1.82) is 5.39 Å². The molecule has 0 atom stereocenters. The molecule has 98 valence electrons. The van der Waals surface area contributed by atoms with Crippen LogP contribution in [0.1, 0.15) is 0 Å². The van der Waals surface area contributed by atoms with E-state index in [9.17, 15) is 0 Å². The Morgan fingerprint density at radius 2 is 1.11 bits per heavy atom. The number of diazo groups is 1. The molecule has 0 amide bonds. The molecular weight excluding hydrogens is 506 g/mol. The van der Waals surface area contributed by atoms with E-state index < -0.39 is 0 Å². The van der Waals surface area contributed by atoms with E-state index in [0.717, 1.165) is 23.6 Å². The lowest BCUT2D eigenvalue weighted by Crippen LogP contribution is -1.82. The van der Waals surface area contributed by atoms with Gasteiger partial charge in [0.25, 0.3) is 0 Å². The molecule has 0 radical (unpaired) electrons. The van der Waals surface area contributed by atoms with Crippen LogP contribution in [0.4, 0.5) is 11.4 Å². The average Bonchev–Trinajstić information content (AvgIpc) is 2.26. The molecule has 2 aromatic rings. The van der Waals surface area contributed by atoms with Crippen LogP contribution < -0.4 is 5.73 Å². The van der Waals surface area contributed by atoms with Crippen LogP contribution in [0.5, 0.6) is 0 Å². The van der Waals surface area contributed by atoms with Crippen molar-refractivity contribution in [3.63, 3.8) is 0 Å². The first-order valence-electron chi connectivity index (χ1n) is 4.93. The van der Waals surface area contributed by atoms with Crippen molar-refractivity contribution in [2.45, 2.75) is 0 Å². The van der Waals surface area contributed by atoms with Crippen LogP contribution in [0, 0.1) is 5.39 Å². The fourth-order valence-corrected chi connectivity index (χ4v) is 3.77. The van der Waals surface area contributed by atoms with Crippen LogP contribution in [0.15, 0.2) is 54.3 Å². The van der Waals surface area contributed by atoms with Gasteiger partial charge in [0.05, 0.1) is 0 Å². The van der Waals surface area contributed by atoms with Crippen molar-refractivity contribution < 1.29 is 0 Å². The summed E-state index contributed by atoms with van der Waals surface area (Å²) in [6.07, 6.45) is 0. The standard InChI is InChI=1S/C6H3Br2N2.C6H5Br2N/c7-4-1-5(8)3-6(2-4)10-9;7-4-1-5(8)3-6(9)2-4/h1-3H;1-3H,9H2/q+1;. The van der Waals surface area contributed by atoms with Gasteiger partial charge in [0.2, 0.25) is 5.39 Å². The molecule has 2 rings (SSSR count). The molecule has 0 aliphatic carbocycles. The SMILES string of the molecule is N#[N+]c1cc(Br)cc(Br)c1.Nc1cc(Br)cc(Br)c1. The van der Waals surface area contributed by atoms with Gasteiger partial charge in [-0.1, -0.05) is 63.7 Å². The molecule has 0 aliphatic heterocycles. The van der Waals surface area contributed by atoms with Crippen molar-refractivity contribution in [3.05, 3.63) is 59.3 Å². The molecule has 0 unspecified atom stereocenters. The maximum absolute atomic E-state index is 8.37. The van der Waals surface area contributed by atoms with Gasteiger partial charge >= 0.3 is 5.69 Å². The highest BCUT2D eigenvalue weighted by Crippen LogP contribution is 2.24. The highest BCUT2D eigenvalue weighted by atomic mass is 79.9. The molecule has 2 N–H and O–H groups in total. The second-order valence-corrected chi connectivity index (χ2v) is 7.09. The molecule has 19 heavy (non-hydrogen) atoms. The predicted molar refractivity (Wildman–Crippen MR) is 92.8 cm³/mol. The summed E-state index contributed by atoms with van der Waals surface area (Å²) in [5.41, 5.74) is 6.79. The molecule has 0 aromatic heterocycles. The van der Waals surface area contributed by atoms with Crippen LogP contribution in [-0.2, 0) is 0 Å². The van der Waals surface area contributed by atoms with Crippen LogP contribution in [-0.4, -0.2) is 0 Å². The number of anilines is 1. The van der Waals surface area contributed by atoms with E-state index in [1.165, 1.54) is 0 Å². The first-order chi connectivity index (χ1) is 8.90. The molecule has 0 saturated heterocycles. The Kier molecular flexibility index (Phi) is 7.00. The number of benzene rings is 2. The zero-order chi connectivity index (χ0) is 14.4. The van der Waals surface area contributed by atoms with Crippen molar-refractivity contribution in [3.8, 4) is 0 Å². The highest BCUT2D eigenvalue weighted by Gasteiger charge is 2.05. The van der Waals surface area contributed by atoms with Crippen molar-refractivity contribution in [2.24, 2.45) is 0 Å². The number of nitrogens with two attached hydrogens (primary N) is 1. The van der Waals surface area contributed by atoms with E-state index >= 15 is 0 Å². The minimum absolute atomic E-state index is 0.529. The monoisotopic (exact) mass is 510 g/mol. The van der Waals surface area contributed by atoms with Gasteiger partial charge in [-0.05, 0) is 24.3 Å². The zero-order valence-electron chi connectivity index (χ0n) is 9.45. The summed E-state index contributed by atoms with van der Waals surface area (Å²) in [5, 5.41) is 8.37. The first-order valence-corrected chi connectivity index (χ1v) is 8.10. The lowest BCUT2D eigenvalue weighted by atomic mass is 10.3. The van der Waals surface area contributed by atoms with Crippen molar-refractivity contribution in [1.82, 2.24) is 0 Å². The van der Waals surface area contributed by atoms with E-state index in [1.54, 1.807) is 12.1 Å². The molecule has 2 aromatic carbocycles. The summed E-state index contributed by atoms with van der Waals surface area (Å²) >= 11 is 13.1. The van der Waals surface area contributed by atoms with Gasteiger partial charge < -0.3 is 5.73 Å². The Bertz CT molecular complexity index is 552. The number of nitrogens with zero attached hydrogens (tertiary/aromatic N) is 2. The summed E-state index contributed by atoms with van der Waals surface area (Å²) in [6.45, 7) is 0. The molecule has 3 nitrogen and oxygen atoms in total. The topological polar surface area (TPSA) is 54.2 Å². The van der Waals surface area contributed by atoms with Gasteiger partial charge in [-0.25, -0.2) is 0 Å². The van der Waals surface area contributed by atoms with Gasteiger partial charge in [-0.3, -0.25) is 0 Å². The minimum Gasteiger partial charge on any atom is -0.399 e. The number of hydrogen-bond acceptors (Lipinski definition) is 2. The summed E-state index contributed by atoms with van der Waals surface area (Å²) in [5.74, 6) is 0. The fourth-order valence-electron chi connectivity index (χ4n) is 1.17. The number of halogens is 4. The Labute approximate surface area is 144 Å². The quantitative estimate of drug-likeness (QED) is 0.323. The highest BCUT2D eigenvalue weighted by molar-refractivity contribution is 9.11. The molecule has 0 saturated carbocycles. The Balaban J connectivity index is 0.000000191.